The second kappa shape index (κ2) is 10.6. The lowest BCUT2D eigenvalue weighted by Crippen LogP contribution is -2.41. The number of benzene rings is 3. The molecular weight excluding hydrogens is 495 g/mol. The molecule has 1 fully saturated rings. The Bertz CT molecular complexity index is 1600. The standard InChI is InChI=1S/C30H27FN6O2/c31-24-13-11-20(12-14-24)19-37-28-26(34-35-37)29(38)33-27(32-28)23-15-17-36(18-16-23)30(39)25(21-7-3-1-4-8-21)22-9-5-2-6-10-22/h1-14,23,25H,15-19H2,(H,32,33,38). The average Bonchev–Trinajstić information content (AvgIpc) is 3.38. The molecule has 1 aliphatic rings. The van der Waals surface area contributed by atoms with E-state index >= 15 is 0 Å². The van der Waals surface area contributed by atoms with E-state index in [-0.39, 0.29) is 34.6 Å². The number of piperidine rings is 1. The Labute approximate surface area is 224 Å². The van der Waals surface area contributed by atoms with Gasteiger partial charge in [0.25, 0.3) is 5.56 Å². The first-order valence-corrected chi connectivity index (χ1v) is 13.0. The molecule has 0 radical (unpaired) electrons. The first-order chi connectivity index (χ1) is 19.1. The molecular formula is C30H27FN6O2. The van der Waals surface area contributed by atoms with Crippen LogP contribution >= 0.6 is 0 Å². The molecule has 0 atom stereocenters. The number of hydrogen-bond donors (Lipinski definition) is 1. The van der Waals surface area contributed by atoms with Crippen LogP contribution in [0.3, 0.4) is 0 Å². The van der Waals surface area contributed by atoms with Crippen molar-refractivity contribution in [1.82, 2.24) is 29.9 Å². The fourth-order valence-electron chi connectivity index (χ4n) is 5.27. The summed E-state index contributed by atoms with van der Waals surface area (Å²) in [5, 5.41) is 8.12. The Morgan fingerprint density at radius 2 is 1.54 bits per heavy atom. The van der Waals surface area contributed by atoms with Crippen LogP contribution in [0.2, 0.25) is 0 Å². The number of carbonyl (C=O) groups excluding carboxylic acids is 1. The van der Waals surface area contributed by atoms with Crippen LogP contribution in [0, 0.1) is 5.82 Å². The third-order valence-electron chi connectivity index (χ3n) is 7.34. The molecule has 9 heteroatoms. The minimum atomic E-state index is -0.370. The zero-order valence-electron chi connectivity index (χ0n) is 21.2. The molecule has 0 saturated carbocycles. The van der Waals surface area contributed by atoms with Crippen molar-refractivity contribution >= 4 is 17.1 Å². The number of fused-ring (bicyclic) bond motifs is 1. The third kappa shape index (κ3) is 5.07. The van der Waals surface area contributed by atoms with Crippen LogP contribution in [0.1, 0.15) is 47.2 Å². The van der Waals surface area contributed by atoms with E-state index < -0.39 is 0 Å². The number of hydrogen-bond acceptors (Lipinski definition) is 5. The maximum atomic E-state index is 13.8. The number of aromatic nitrogens is 5. The van der Waals surface area contributed by atoms with Gasteiger partial charge in [-0.3, -0.25) is 9.59 Å². The van der Waals surface area contributed by atoms with Gasteiger partial charge >= 0.3 is 0 Å². The van der Waals surface area contributed by atoms with Gasteiger partial charge in [-0.25, -0.2) is 14.1 Å². The molecule has 1 aliphatic heterocycles. The van der Waals surface area contributed by atoms with Gasteiger partial charge in [-0.15, -0.1) is 5.10 Å². The molecule has 1 saturated heterocycles. The summed E-state index contributed by atoms with van der Waals surface area (Å²) in [6, 6.07) is 25.8. The molecule has 6 rings (SSSR count). The molecule has 0 spiro atoms. The van der Waals surface area contributed by atoms with Gasteiger partial charge in [-0.05, 0) is 41.7 Å². The van der Waals surface area contributed by atoms with Crippen molar-refractivity contribution in [2.24, 2.45) is 0 Å². The highest BCUT2D eigenvalue weighted by atomic mass is 19.1. The predicted octanol–water partition coefficient (Wildman–Crippen LogP) is 4.24. The largest absolute Gasteiger partial charge is 0.342 e. The van der Waals surface area contributed by atoms with Crippen LogP contribution < -0.4 is 5.56 Å². The summed E-state index contributed by atoms with van der Waals surface area (Å²) in [5.41, 5.74) is 2.98. The van der Waals surface area contributed by atoms with E-state index in [1.807, 2.05) is 65.6 Å². The fraction of sp³-hybridized carbons (Fsp3) is 0.233. The number of halogens is 1. The molecule has 0 unspecified atom stereocenters. The maximum Gasteiger partial charge on any atom is 0.281 e. The zero-order valence-corrected chi connectivity index (χ0v) is 21.2. The minimum Gasteiger partial charge on any atom is -0.342 e. The van der Waals surface area contributed by atoms with E-state index in [1.54, 1.807) is 16.8 Å². The summed E-state index contributed by atoms with van der Waals surface area (Å²) in [6.45, 7) is 1.45. The van der Waals surface area contributed by atoms with Gasteiger partial charge in [0.15, 0.2) is 11.2 Å². The number of nitrogens with one attached hydrogen (secondary N) is 1. The van der Waals surface area contributed by atoms with E-state index in [0.29, 0.717) is 43.9 Å². The topological polar surface area (TPSA) is 96.8 Å². The van der Waals surface area contributed by atoms with Gasteiger partial charge in [-0.1, -0.05) is 78.0 Å². The van der Waals surface area contributed by atoms with Crippen LogP contribution in [0.15, 0.2) is 89.7 Å². The molecule has 0 bridgehead atoms. The molecule has 39 heavy (non-hydrogen) atoms. The van der Waals surface area contributed by atoms with Crippen molar-refractivity contribution in [2.45, 2.75) is 31.2 Å². The van der Waals surface area contributed by atoms with E-state index in [4.69, 9.17) is 4.98 Å². The Hall–Kier alpha value is -4.66. The van der Waals surface area contributed by atoms with Crippen molar-refractivity contribution in [3.63, 3.8) is 0 Å². The summed E-state index contributed by atoms with van der Waals surface area (Å²) >= 11 is 0. The molecule has 3 aromatic carbocycles. The Morgan fingerprint density at radius 1 is 0.923 bits per heavy atom. The van der Waals surface area contributed by atoms with Crippen LogP contribution in [0.5, 0.6) is 0 Å². The minimum absolute atomic E-state index is 0.00720. The molecule has 3 heterocycles. The fourth-order valence-corrected chi connectivity index (χ4v) is 5.27. The second-order valence-electron chi connectivity index (χ2n) is 9.85. The lowest BCUT2D eigenvalue weighted by atomic mass is 9.88. The lowest BCUT2D eigenvalue weighted by molar-refractivity contribution is -0.133. The van der Waals surface area contributed by atoms with E-state index in [2.05, 4.69) is 15.3 Å². The number of rotatable bonds is 6. The maximum absolute atomic E-state index is 13.8. The summed E-state index contributed by atoms with van der Waals surface area (Å²) in [5.74, 6) is -0.0469. The number of nitrogens with zero attached hydrogens (tertiary/aromatic N) is 5. The highest BCUT2D eigenvalue weighted by molar-refractivity contribution is 5.87. The summed E-state index contributed by atoms with van der Waals surface area (Å²) in [7, 11) is 0. The second-order valence-corrected chi connectivity index (χ2v) is 9.85. The normalized spacial score (nSPS) is 14.3. The quantitative estimate of drug-likeness (QED) is 0.360. The van der Waals surface area contributed by atoms with Gasteiger partial charge in [0, 0.05) is 19.0 Å². The van der Waals surface area contributed by atoms with Crippen LogP contribution in [-0.2, 0) is 11.3 Å². The van der Waals surface area contributed by atoms with Gasteiger partial charge < -0.3 is 9.88 Å². The monoisotopic (exact) mass is 522 g/mol. The Kier molecular flexibility index (Phi) is 6.71. The number of aromatic amines is 1. The van der Waals surface area contributed by atoms with Crippen molar-refractivity contribution in [1.29, 1.82) is 0 Å². The highest BCUT2D eigenvalue weighted by Gasteiger charge is 2.31. The van der Waals surface area contributed by atoms with Crippen molar-refractivity contribution in [2.75, 3.05) is 13.1 Å². The zero-order chi connectivity index (χ0) is 26.8. The van der Waals surface area contributed by atoms with Gasteiger partial charge in [0.1, 0.15) is 11.6 Å². The molecule has 2 aromatic heterocycles. The van der Waals surface area contributed by atoms with E-state index in [0.717, 1.165) is 16.7 Å². The number of amides is 1. The molecule has 1 N–H and O–H groups in total. The SMILES string of the molecule is O=C(C(c1ccccc1)c1ccccc1)N1CCC(c2nc3c(nnn3Cc3ccc(F)cc3)c(=O)[nH]2)CC1. The van der Waals surface area contributed by atoms with Crippen molar-refractivity contribution in [3.8, 4) is 0 Å². The van der Waals surface area contributed by atoms with Crippen LogP contribution in [0.25, 0.3) is 11.2 Å². The first kappa shape index (κ1) is 24.7. The molecule has 1 amide bonds. The lowest BCUT2D eigenvalue weighted by Gasteiger charge is -2.34. The Morgan fingerprint density at radius 3 is 2.15 bits per heavy atom. The molecule has 0 aliphatic carbocycles. The third-order valence-corrected chi connectivity index (χ3v) is 7.34. The van der Waals surface area contributed by atoms with E-state index in [9.17, 15) is 14.0 Å². The summed E-state index contributed by atoms with van der Waals surface area (Å²) in [6.07, 6.45) is 1.35. The molecule has 8 nitrogen and oxygen atoms in total. The Balaban J connectivity index is 1.21. The van der Waals surface area contributed by atoms with Crippen molar-refractivity contribution in [3.05, 3.63) is 124 Å². The van der Waals surface area contributed by atoms with Gasteiger partial charge in [0.05, 0.1) is 12.5 Å². The van der Waals surface area contributed by atoms with Crippen LogP contribution in [0.4, 0.5) is 4.39 Å². The molecule has 196 valence electrons. The highest BCUT2D eigenvalue weighted by Crippen LogP contribution is 2.31. The summed E-state index contributed by atoms with van der Waals surface area (Å²) in [4.78, 5) is 36.1. The number of H-pyrrole nitrogens is 1. The predicted molar refractivity (Wildman–Crippen MR) is 145 cm³/mol. The smallest absolute Gasteiger partial charge is 0.281 e. The average molecular weight is 523 g/mol. The first-order valence-electron chi connectivity index (χ1n) is 13.0. The number of likely N-dealkylation sites (tertiary alicyclic amines) is 1. The van der Waals surface area contributed by atoms with Crippen molar-refractivity contribution < 1.29 is 9.18 Å². The van der Waals surface area contributed by atoms with Crippen LogP contribution in [-0.4, -0.2) is 48.9 Å². The van der Waals surface area contributed by atoms with E-state index in [1.165, 1.54) is 12.1 Å². The van der Waals surface area contributed by atoms with Gasteiger partial charge in [-0.2, -0.15) is 0 Å². The molecule has 5 aromatic rings. The summed E-state index contributed by atoms with van der Waals surface area (Å²) < 4.78 is 14.9. The van der Waals surface area contributed by atoms with Gasteiger partial charge in [0.2, 0.25) is 5.91 Å². The number of carbonyl (C=O) groups is 1.